The molecule has 0 saturated carbocycles. The fourth-order valence-corrected chi connectivity index (χ4v) is 3.98. The van der Waals surface area contributed by atoms with Crippen molar-refractivity contribution >= 4 is 39.2 Å². The molecule has 0 aliphatic carbocycles. The highest BCUT2D eigenvalue weighted by Crippen LogP contribution is 2.39. The first-order valence-corrected chi connectivity index (χ1v) is 10.4. The van der Waals surface area contributed by atoms with E-state index in [1.165, 1.54) is 0 Å². The number of allylic oxidation sites excluding steroid dienone is 1. The van der Waals surface area contributed by atoms with Gasteiger partial charge in [0.05, 0.1) is 18.2 Å². The van der Waals surface area contributed by atoms with E-state index in [1.54, 1.807) is 12.1 Å². The lowest BCUT2D eigenvalue weighted by atomic mass is 9.94. The molecule has 1 atom stereocenters. The molecule has 2 aromatic rings. The van der Waals surface area contributed by atoms with E-state index < -0.39 is 6.04 Å². The minimum atomic E-state index is -0.506. The van der Waals surface area contributed by atoms with Crippen molar-refractivity contribution < 1.29 is 14.6 Å². The second kappa shape index (κ2) is 9.28. The first kappa shape index (κ1) is 21.1. The average molecular weight is 476 g/mol. The number of halogens is 1. The van der Waals surface area contributed by atoms with E-state index >= 15 is 0 Å². The predicted octanol–water partition coefficient (Wildman–Crippen LogP) is 3.66. The summed E-state index contributed by atoms with van der Waals surface area (Å²) in [6.07, 6.45) is 0. The van der Waals surface area contributed by atoms with Gasteiger partial charge < -0.3 is 25.8 Å². The van der Waals surface area contributed by atoms with Crippen molar-refractivity contribution in [1.82, 2.24) is 16.0 Å². The van der Waals surface area contributed by atoms with Crippen LogP contribution in [0.25, 0.3) is 0 Å². The van der Waals surface area contributed by atoms with Crippen molar-refractivity contribution in [1.29, 1.82) is 0 Å². The summed E-state index contributed by atoms with van der Waals surface area (Å²) in [6, 6.07) is 12.5. The van der Waals surface area contributed by atoms with Crippen LogP contribution >= 0.6 is 28.1 Å². The Labute approximate surface area is 183 Å². The zero-order valence-corrected chi connectivity index (χ0v) is 18.5. The highest BCUT2D eigenvalue weighted by molar-refractivity contribution is 9.10. The fourth-order valence-electron chi connectivity index (χ4n) is 3.15. The summed E-state index contributed by atoms with van der Waals surface area (Å²) in [7, 11) is 0. The summed E-state index contributed by atoms with van der Waals surface area (Å²) < 4.78 is 6.15. The Morgan fingerprint density at radius 3 is 2.72 bits per heavy atom. The van der Waals surface area contributed by atoms with Crippen molar-refractivity contribution in [3.63, 3.8) is 0 Å². The lowest BCUT2D eigenvalue weighted by Crippen LogP contribution is -2.46. The van der Waals surface area contributed by atoms with E-state index in [0.717, 1.165) is 11.1 Å². The van der Waals surface area contributed by atoms with Crippen LogP contribution < -0.4 is 20.7 Å². The Balaban J connectivity index is 1.94. The fraction of sp³-hybridized carbons (Fsp3) is 0.238. The maximum atomic E-state index is 13.1. The Morgan fingerprint density at radius 1 is 1.31 bits per heavy atom. The van der Waals surface area contributed by atoms with E-state index in [2.05, 4.69) is 31.9 Å². The number of hydrogen-bond donors (Lipinski definition) is 4. The Morgan fingerprint density at radius 2 is 2.03 bits per heavy atom. The van der Waals surface area contributed by atoms with Crippen LogP contribution in [0.3, 0.4) is 0 Å². The van der Waals surface area contributed by atoms with Crippen LogP contribution in [0.4, 0.5) is 0 Å². The van der Waals surface area contributed by atoms with Gasteiger partial charge in [-0.05, 0) is 49.3 Å². The molecule has 1 aliphatic heterocycles. The van der Waals surface area contributed by atoms with Crippen molar-refractivity contribution in [2.24, 2.45) is 0 Å². The molecule has 3 rings (SSSR count). The van der Waals surface area contributed by atoms with Crippen LogP contribution in [0.1, 0.15) is 31.0 Å². The summed E-state index contributed by atoms with van der Waals surface area (Å²) in [4.78, 5) is 13.1. The molecule has 1 heterocycles. The Kier molecular flexibility index (Phi) is 6.76. The molecule has 1 unspecified atom stereocenters. The molecule has 1 amide bonds. The third-order valence-electron chi connectivity index (χ3n) is 4.50. The zero-order valence-electron chi connectivity index (χ0n) is 16.1. The maximum absolute atomic E-state index is 13.1. The molecule has 0 fully saturated rings. The van der Waals surface area contributed by atoms with Gasteiger partial charge >= 0.3 is 0 Å². The molecule has 29 heavy (non-hydrogen) atoms. The van der Waals surface area contributed by atoms with Gasteiger partial charge in [0.1, 0.15) is 0 Å². The van der Waals surface area contributed by atoms with Gasteiger partial charge in [0.15, 0.2) is 16.6 Å². The van der Waals surface area contributed by atoms with Crippen LogP contribution in [0.5, 0.6) is 11.5 Å². The number of carbonyl (C=O) groups is 1. The number of benzene rings is 2. The van der Waals surface area contributed by atoms with Gasteiger partial charge in [0.25, 0.3) is 5.91 Å². The molecule has 0 spiro atoms. The number of rotatable bonds is 6. The van der Waals surface area contributed by atoms with Crippen LogP contribution in [0.2, 0.25) is 0 Å². The van der Waals surface area contributed by atoms with Gasteiger partial charge in [-0.2, -0.15) is 0 Å². The first-order valence-electron chi connectivity index (χ1n) is 9.16. The van der Waals surface area contributed by atoms with Gasteiger partial charge in [-0.3, -0.25) is 4.79 Å². The molecule has 0 aromatic heterocycles. The minimum Gasteiger partial charge on any atom is -0.504 e. The smallest absolute Gasteiger partial charge is 0.251 e. The van der Waals surface area contributed by atoms with Gasteiger partial charge in [-0.1, -0.05) is 46.3 Å². The molecule has 0 bridgehead atoms. The Hall–Kier alpha value is -2.58. The van der Waals surface area contributed by atoms with Gasteiger partial charge in [-0.15, -0.1) is 0 Å². The van der Waals surface area contributed by atoms with Gasteiger partial charge in [0.2, 0.25) is 0 Å². The number of aromatic hydroxyl groups is 1. The monoisotopic (exact) mass is 475 g/mol. The van der Waals surface area contributed by atoms with E-state index in [4.69, 9.17) is 17.0 Å². The molecular weight excluding hydrogens is 454 g/mol. The minimum absolute atomic E-state index is 0.0229. The normalized spacial score (nSPS) is 16.1. The van der Waals surface area contributed by atoms with Crippen LogP contribution in [-0.4, -0.2) is 22.7 Å². The second-order valence-electron chi connectivity index (χ2n) is 6.51. The molecule has 4 N–H and O–H groups in total. The van der Waals surface area contributed by atoms with Crippen molar-refractivity contribution in [2.75, 3.05) is 6.61 Å². The number of nitrogens with one attached hydrogen (secondary N) is 3. The average Bonchev–Trinajstić information content (AvgIpc) is 2.68. The van der Waals surface area contributed by atoms with E-state index in [1.807, 2.05) is 44.2 Å². The third kappa shape index (κ3) is 4.89. The zero-order chi connectivity index (χ0) is 21.0. The van der Waals surface area contributed by atoms with E-state index in [-0.39, 0.29) is 11.7 Å². The summed E-state index contributed by atoms with van der Waals surface area (Å²) in [5.41, 5.74) is 2.93. The lowest BCUT2D eigenvalue weighted by molar-refractivity contribution is -0.118. The number of phenols is 1. The summed E-state index contributed by atoms with van der Waals surface area (Å²) in [5.74, 6) is 0.158. The number of carbonyl (C=O) groups excluding carboxylic acids is 1. The molecule has 0 radical (unpaired) electrons. The molecule has 0 saturated heterocycles. The topological polar surface area (TPSA) is 82.6 Å². The predicted molar refractivity (Wildman–Crippen MR) is 120 cm³/mol. The summed E-state index contributed by atoms with van der Waals surface area (Å²) in [6.45, 7) is 4.47. The summed E-state index contributed by atoms with van der Waals surface area (Å²) in [5, 5.41) is 19.7. The van der Waals surface area contributed by atoms with Gasteiger partial charge in [0, 0.05) is 16.7 Å². The van der Waals surface area contributed by atoms with Crippen molar-refractivity contribution in [3.8, 4) is 11.5 Å². The number of ether oxygens (including phenoxy) is 1. The highest BCUT2D eigenvalue weighted by Gasteiger charge is 2.31. The van der Waals surface area contributed by atoms with E-state index in [0.29, 0.717) is 39.8 Å². The van der Waals surface area contributed by atoms with Crippen LogP contribution in [-0.2, 0) is 11.3 Å². The molecule has 8 heteroatoms. The number of hydrogen-bond acceptors (Lipinski definition) is 4. The molecular formula is C21H22BrN3O3S. The quantitative estimate of drug-likeness (QED) is 0.477. The van der Waals surface area contributed by atoms with Crippen molar-refractivity contribution in [2.45, 2.75) is 26.4 Å². The van der Waals surface area contributed by atoms with Crippen LogP contribution in [0.15, 0.2) is 58.2 Å². The summed E-state index contributed by atoms with van der Waals surface area (Å²) >= 11 is 8.80. The molecule has 6 nitrogen and oxygen atoms in total. The molecule has 2 aromatic carbocycles. The Bertz CT molecular complexity index is 963. The maximum Gasteiger partial charge on any atom is 0.251 e. The molecule has 1 aliphatic rings. The van der Waals surface area contributed by atoms with Crippen molar-refractivity contribution in [3.05, 3.63) is 69.3 Å². The first-order chi connectivity index (χ1) is 13.9. The third-order valence-corrected chi connectivity index (χ3v) is 5.41. The second-order valence-corrected chi connectivity index (χ2v) is 7.78. The standard InChI is InChI=1S/C21H22BrN3O3S/c1-3-28-17-9-14(15(22)10-16(17)26)19-18(12(2)24-21(29)25-19)20(27)23-11-13-7-5-4-6-8-13/h4-10,19,26H,3,11H2,1-2H3,(H,23,27)(H2,24,25,29). The number of amides is 1. The lowest BCUT2D eigenvalue weighted by Gasteiger charge is -2.31. The van der Waals surface area contributed by atoms with Crippen LogP contribution in [0, 0.1) is 0 Å². The SMILES string of the molecule is CCOc1cc(C2NC(=S)NC(C)=C2C(=O)NCc2ccccc2)c(Br)cc1O. The van der Waals surface area contributed by atoms with E-state index in [9.17, 15) is 9.90 Å². The number of thiocarbonyl (C=S) groups is 1. The molecule has 152 valence electrons. The number of phenolic OH excluding ortho intramolecular Hbond substituents is 1. The van der Waals surface area contributed by atoms with Gasteiger partial charge in [-0.25, -0.2) is 0 Å². The highest BCUT2D eigenvalue weighted by atomic mass is 79.9. The largest absolute Gasteiger partial charge is 0.504 e.